The van der Waals surface area contributed by atoms with Crippen LogP contribution >= 0.6 is 0 Å². The Bertz CT molecular complexity index is 255. The highest BCUT2D eigenvalue weighted by atomic mass is 16.3. The van der Waals surface area contributed by atoms with Crippen molar-refractivity contribution in [2.24, 2.45) is 5.92 Å². The van der Waals surface area contributed by atoms with Crippen molar-refractivity contribution in [1.82, 2.24) is 9.80 Å². The molecule has 18 heavy (non-hydrogen) atoms. The van der Waals surface area contributed by atoms with Crippen LogP contribution in [0.3, 0.4) is 0 Å². The molecule has 1 aliphatic carbocycles. The lowest BCUT2D eigenvalue weighted by Gasteiger charge is -2.36. The first-order chi connectivity index (χ1) is 8.81. The Morgan fingerprint density at radius 1 is 1.00 bits per heavy atom. The number of aliphatic hydroxyl groups excluding tert-OH is 1. The zero-order valence-electron chi connectivity index (χ0n) is 11.3. The summed E-state index contributed by atoms with van der Waals surface area (Å²) in [7, 11) is 0. The van der Waals surface area contributed by atoms with Gasteiger partial charge in [0.05, 0.1) is 6.61 Å². The summed E-state index contributed by atoms with van der Waals surface area (Å²) in [6, 6.07) is 0. The monoisotopic (exact) mass is 254 g/mol. The second-order valence-electron chi connectivity index (χ2n) is 5.58. The molecule has 1 saturated heterocycles. The van der Waals surface area contributed by atoms with Gasteiger partial charge in [-0.25, -0.2) is 0 Å². The zero-order chi connectivity index (χ0) is 12.8. The molecule has 4 nitrogen and oxygen atoms in total. The molecule has 1 amide bonds. The van der Waals surface area contributed by atoms with Gasteiger partial charge in [0, 0.05) is 38.6 Å². The number of aliphatic hydroxyl groups is 1. The smallest absolute Gasteiger partial charge is 0.225 e. The topological polar surface area (TPSA) is 43.8 Å². The van der Waals surface area contributed by atoms with Gasteiger partial charge in [0.25, 0.3) is 0 Å². The SMILES string of the molecule is O=C(C1CCCCCC1)N1CCN(CCO)CC1. The number of piperazine rings is 1. The van der Waals surface area contributed by atoms with Gasteiger partial charge in [-0.15, -0.1) is 0 Å². The van der Waals surface area contributed by atoms with Crippen LogP contribution in [0.15, 0.2) is 0 Å². The molecule has 0 aromatic rings. The van der Waals surface area contributed by atoms with E-state index in [1.807, 2.05) is 4.90 Å². The van der Waals surface area contributed by atoms with E-state index in [9.17, 15) is 4.79 Å². The van der Waals surface area contributed by atoms with E-state index >= 15 is 0 Å². The second-order valence-corrected chi connectivity index (χ2v) is 5.58. The summed E-state index contributed by atoms with van der Waals surface area (Å²) in [5.74, 6) is 0.678. The van der Waals surface area contributed by atoms with Gasteiger partial charge >= 0.3 is 0 Å². The molecule has 2 fully saturated rings. The van der Waals surface area contributed by atoms with Gasteiger partial charge in [0.2, 0.25) is 5.91 Å². The molecule has 2 aliphatic rings. The number of amides is 1. The molecule has 1 N–H and O–H groups in total. The van der Waals surface area contributed by atoms with Crippen molar-refractivity contribution in [3.63, 3.8) is 0 Å². The molecule has 0 radical (unpaired) electrons. The maximum atomic E-state index is 12.4. The highest BCUT2D eigenvalue weighted by molar-refractivity contribution is 5.79. The Balaban J connectivity index is 1.79. The van der Waals surface area contributed by atoms with Crippen molar-refractivity contribution in [2.75, 3.05) is 39.3 Å². The summed E-state index contributed by atoms with van der Waals surface area (Å²) >= 11 is 0. The van der Waals surface area contributed by atoms with E-state index in [2.05, 4.69) is 4.90 Å². The normalized spacial score (nSPS) is 23.9. The second kappa shape index (κ2) is 7.10. The summed E-state index contributed by atoms with van der Waals surface area (Å²) in [6.07, 6.45) is 7.23. The van der Waals surface area contributed by atoms with Gasteiger partial charge in [-0.2, -0.15) is 0 Å². The first-order valence-electron chi connectivity index (χ1n) is 7.43. The highest BCUT2D eigenvalue weighted by Crippen LogP contribution is 2.25. The Hall–Kier alpha value is -0.610. The fourth-order valence-electron chi connectivity index (χ4n) is 3.12. The molecule has 1 heterocycles. The van der Waals surface area contributed by atoms with Crippen molar-refractivity contribution in [2.45, 2.75) is 38.5 Å². The number of β-amino-alcohol motifs (C(OH)–C–C–N with tert-alkyl or cyclic N) is 1. The molecule has 0 aromatic heterocycles. The lowest BCUT2D eigenvalue weighted by molar-refractivity contribution is -0.137. The molecule has 0 bridgehead atoms. The summed E-state index contributed by atoms with van der Waals surface area (Å²) in [5.41, 5.74) is 0. The van der Waals surface area contributed by atoms with Crippen LogP contribution in [0, 0.1) is 5.92 Å². The maximum absolute atomic E-state index is 12.4. The summed E-state index contributed by atoms with van der Waals surface area (Å²) in [4.78, 5) is 16.7. The average molecular weight is 254 g/mol. The van der Waals surface area contributed by atoms with Crippen molar-refractivity contribution < 1.29 is 9.90 Å². The lowest BCUT2D eigenvalue weighted by atomic mass is 9.98. The predicted molar refractivity (Wildman–Crippen MR) is 71.3 cm³/mol. The van der Waals surface area contributed by atoms with Crippen molar-refractivity contribution in [3.05, 3.63) is 0 Å². The number of hydrogen-bond donors (Lipinski definition) is 1. The van der Waals surface area contributed by atoms with E-state index in [4.69, 9.17) is 5.11 Å². The highest BCUT2D eigenvalue weighted by Gasteiger charge is 2.27. The third-order valence-corrected chi connectivity index (χ3v) is 4.30. The Labute approximate surface area is 110 Å². The molecule has 0 atom stereocenters. The van der Waals surface area contributed by atoms with Crippen molar-refractivity contribution in [1.29, 1.82) is 0 Å². The standard InChI is InChI=1S/C14H26N2O2/c17-12-11-15-7-9-16(10-8-15)14(18)13-5-3-1-2-4-6-13/h13,17H,1-12H2. The van der Waals surface area contributed by atoms with Gasteiger partial charge in [-0.05, 0) is 12.8 Å². The number of nitrogens with zero attached hydrogens (tertiary/aromatic N) is 2. The third-order valence-electron chi connectivity index (χ3n) is 4.30. The summed E-state index contributed by atoms with van der Waals surface area (Å²) in [5, 5.41) is 8.91. The van der Waals surface area contributed by atoms with Crippen LogP contribution in [-0.2, 0) is 4.79 Å². The molecular formula is C14H26N2O2. The van der Waals surface area contributed by atoms with E-state index in [1.54, 1.807) is 0 Å². The van der Waals surface area contributed by atoms with E-state index in [1.165, 1.54) is 25.7 Å². The van der Waals surface area contributed by atoms with Gasteiger partial charge in [0.15, 0.2) is 0 Å². The molecule has 4 heteroatoms. The van der Waals surface area contributed by atoms with Crippen LogP contribution in [0.25, 0.3) is 0 Å². The van der Waals surface area contributed by atoms with Crippen LogP contribution in [0.1, 0.15) is 38.5 Å². The molecule has 1 aliphatic heterocycles. The van der Waals surface area contributed by atoms with Crippen LogP contribution < -0.4 is 0 Å². The molecule has 104 valence electrons. The first kappa shape index (κ1) is 13.8. The third kappa shape index (κ3) is 3.69. The number of carbonyl (C=O) groups excluding carboxylic acids is 1. The molecule has 1 saturated carbocycles. The van der Waals surface area contributed by atoms with Gasteiger partial charge in [-0.3, -0.25) is 9.69 Å². The van der Waals surface area contributed by atoms with E-state index in [0.29, 0.717) is 5.91 Å². The van der Waals surface area contributed by atoms with Crippen molar-refractivity contribution >= 4 is 5.91 Å². The van der Waals surface area contributed by atoms with Crippen LogP contribution in [-0.4, -0.2) is 60.1 Å². The number of carbonyl (C=O) groups is 1. The van der Waals surface area contributed by atoms with Gasteiger partial charge < -0.3 is 10.0 Å². The Morgan fingerprint density at radius 2 is 1.61 bits per heavy atom. The van der Waals surface area contributed by atoms with Crippen LogP contribution in [0.2, 0.25) is 0 Å². The van der Waals surface area contributed by atoms with Gasteiger partial charge in [-0.1, -0.05) is 25.7 Å². The van der Waals surface area contributed by atoms with Crippen molar-refractivity contribution in [3.8, 4) is 0 Å². The summed E-state index contributed by atoms with van der Waals surface area (Å²) in [6.45, 7) is 4.48. The van der Waals surface area contributed by atoms with E-state index in [-0.39, 0.29) is 12.5 Å². The average Bonchev–Trinajstić information content (AvgIpc) is 2.68. The molecule has 0 unspecified atom stereocenters. The molecule has 0 spiro atoms. The molecule has 0 aromatic carbocycles. The fourth-order valence-corrected chi connectivity index (χ4v) is 3.12. The largest absolute Gasteiger partial charge is 0.395 e. The fraction of sp³-hybridized carbons (Fsp3) is 0.929. The Morgan fingerprint density at radius 3 is 2.17 bits per heavy atom. The molecule has 2 rings (SSSR count). The van der Waals surface area contributed by atoms with E-state index < -0.39 is 0 Å². The maximum Gasteiger partial charge on any atom is 0.225 e. The van der Waals surface area contributed by atoms with E-state index in [0.717, 1.165) is 45.6 Å². The lowest BCUT2D eigenvalue weighted by Crippen LogP contribution is -2.50. The minimum absolute atomic E-state index is 0.219. The minimum Gasteiger partial charge on any atom is -0.395 e. The summed E-state index contributed by atoms with van der Waals surface area (Å²) < 4.78 is 0. The van der Waals surface area contributed by atoms with Crippen LogP contribution in [0.5, 0.6) is 0 Å². The van der Waals surface area contributed by atoms with Crippen LogP contribution in [0.4, 0.5) is 0 Å². The Kier molecular flexibility index (Phi) is 5.45. The van der Waals surface area contributed by atoms with Gasteiger partial charge in [0.1, 0.15) is 0 Å². The quantitative estimate of drug-likeness (QED) is 0.767. The predicted octanol–water partition coefficient (Wildman–Crippen LogP) is 1.09. The molecular weight excluding hydrogens is 228 g/mol. The first-order valence-corrected chi connectivity index (χ1v) is 7.43. The minimum atomic E-state index is 0.219. The number of hydrogen-bond acceptors (Lipinski definition) is 3. The zero-order valence-corrected chi connectivity index (χ0v) is 11.3. The number of rotatable bonds is 3.